The molecule has 1 aliphatic rings. The second kappa shape index (κ2) is 4.50. The summed E-state index contributed by atoms with van der Waals surface area (Å²) in [5.74, 6) is 0. The third-order valence-electron chi connectivity index (χ3n) is 1.83. The monoisotopic (exact) mass is 212 g/mol. The normalized spacial score (nSPS) is 29.5. The summed E-state index contributed by atoms with van der Waals surface area (Å²) in [5.41, 5.74) is 0. The number of rotatable bonds is 4. The van der Waals surface area contributed by atoms with E-state index in [1.807, 2.05) is 0 Å². The minimum absolute atomic E-state index is 0.0631. The first kappa shape index (κ1) is 11.1. The molecule has 0 aromatic heterocycles. The summed E-state index contributed by atoms with van der Waals surface area (Å²) in [5, 5.41) is 8.69. The summed E-state index contributed by atoms with van der Waals surface area (Å²) in [4.78, 5) is 16.8. The lowest BCUT2D eigenvalue weighted by Gasteiger charge is -2.12. The Morgan fingerprint density at radius 1 is 1.38 bits per heavy atom. The van der Waals surface area contributed by atoms with Crippen molar-refractivity contribution in [3.8, 4) is 0 Å². The van der Waals surface area contributed by atoms with Gasteiger partial charge in [0.1, 0.15) is 0 Å². The molecule has 0 spiro atoms. The molecule has 0 aromatic carbocycles. The minimum Gasteiger partial charge on any atom is -0.394 e. The van der Waals surface area contributed by atoms with Crippen LogP contribution in [0.1, 0.15) is 12.8 Å². The minimum atomic E-state index is -4.39. The highest BCUT2D eigenvalue weighted by atomic mass is 31.2. The first-order valence-corrected chi connectivity index (χ1v) is 5.50. The van der Waals surface area contributed by atoms with Gasteiger partial charge >= 0.3 is 7.82 Å². The van der Waals surface area contributed by atoms with Crippen LogP contribution in [0.4, 0.5) is 0 Å². The van der Waals surface area contributed by atoms with Crippen LogP contribution in [0.3, 0.4) is 0 Å². The van der Waals surface area contributed by atoms with Crippen LogP contribution < -0.4 is 0 Å². The van der Waals surface area contributed by atoms with E-state index in [2.05, 4.69) is 4.52 Å². The Morgan fingerprint density at radius 2 is 2.00 bits per heavy atom. The predicted octanol–water partition coefficient (Wildman–Crippen LogP) is -0.364. The van der Waals surface area contributed by atoms with Gasteiger partial charge in [0.15, 0.2) is 0 Å². The molecule has 0 unspecified atom stereocenters. The highest BCUT2D eigenvalue weighted by molar-refractivity contribution is 7.46. The molecule has 0 aliphatic carbocycles. The molecule has 0 amide bonds. The zero-order chi connectivity index (χ0) is 9.90. The molecular weight excluding hydrogens is 199 g/mol. The van der Waals surface area contributed by atoms with Gasteiger partial charge in [-0.3, -0.25) is 4.52 Å². The van der Waals surface area contributed by atoms with Crippen molar-refractivity contribution >= 4 is 7.82 Å². The highest BCUT2D eigenvalue weighted by Crippen LogP contribution is 2.36. The lowest BCUT2D eigenvalue weighted by Crippen LogP contribution is -2.18. The van der Waals surface area contributed by atoms with E-state index in [0.717, 1.165) is 0 Å². The molecular formula is C6H13O6P. The Hall–Kier alpha value is 0.0300. The maximum absolute atomic E-state index is 10.3. The quantitative estimate of drug-likeness (QED) is 0.550. The summed E-state index contributed by atoms with van der Waals surface area (Å²) < 4.78 is 19.8. The van der Waals surface area contributed by atoms with Crippen LogP contribution in [-0.4, -0.2) is 40.3 Å². The summed E-state index contributed by atoms with van der Waals surface area (Å²) in [7, 11) is -4.39. The van der Waals surface area contributed by atoms with Gasteiger partial charge in [-0.25, -0.2) is 4.57 Å². The Balaban J connectivity index is 2.21. The van der Waals surface area contributed by atoms with Crippen molar-refractivity contribution < 1.29 is 28.7 Å². The molecule has 13 heavy (non-hydrogen) atoms. The molecule has 7 heteroatoms. The number of hydrogen-bond donors (Lipinski definition) is 3. The number of aliphatic hydroxyl groups excluding tert-OH is 1. The molecule has 1 aliphatic heterocycles. The first-order valence-electron chi connectivity index (χ1n) is 3.97. The van der Waals surface area contributed by atoms with Crippen molar-refractivity contribution in [3.63, 3.8) is 0 Å². The molecule has 0 aromatic rings. The van der Waals surface area contributed by atoms with E-state index < -0.39 is 7.82 Å². The first-order chi connectivity index (χ1) is 6.01. The molecule has 0 radical (unpaired) electrons. The van der Waals surface area contributed by atoms with Crippen LogP contribution in [0.15, 0.2) is 0 Å². The average molecular weight is 212 g/mol. The summed E-state index contributed by atoms with van der Waals surface area (Å²) >= 11 is 0. The molecule has 1 saturated heterocycles. The molecule has 1 heterocycles. The maximum atomic E-state index is 10.3. The van der Waals surface area contributed by atoms with E-state index in [4.69, 9.17) is 19.6 Å². The number of hydrogen-bond acceptors (Lipinski definition) is 4. The van der Waals surface area contributed by atoms with Gasteiger partial charge in [-0.2, -0.15) is 0 Å². The van der Waals surface area contributed by atoms with Gasteiger partial charge in [0.05, 0.1) is 25.4 Å². The number of aliphatic hydroxyl groups is 1. The Morgan fingerprint density at radius 3 is 2.46 bits per heavy atom. The molecule has 2 atom stereocenters. The Bertz CT molecular complexity index is 201. The molecule has 78 valence electrons. The lowest BCUT2D eigenvalue weighted by atomic mass is 10.2. The van der Waals surface area contributed by atoms with Crippen molar-refractivity contribution in [3.05, 3.63) is 0 Å². The van der Waals surface area contributed by atoms with Gasteiger partial charge in [0, 0.05) is 0 Å². The zero-order valence-electron chi connectivity index (χ0n) is 7.00. The van der Waals surface area contributed by atoms with E-state index >= 15 is 0 Å². The van der Waals surface area contributed by atoms with Crippen LogP contribution >= 0.6 is 7.82 Å². The largest absolute Gasteiger partial charge is 0.469 e. The van der Waals surface area contributed by atoms with Gasteiger partial charge < -0.3 is 19.6 Å². The molecule has 0 bridgehead atoms. The second-order valence-corrected chi connectivity index (χ2v) is 4.17. The summed E-state index contributed by atoms with van der Waals surface area (Å²) in [6, 6.07) is 0. The number of phosphoric ester groups is 1. The molecule has 1 fully saturated rings. The van der Waals surface area contributed by atoms with Crippen LogP contribution in [0.5, 0.6) is 0 Å². The molecule has 3 N–H and O–H groups in total. The third-order valence-corrected chi connectivity index (χ3v) is 2.31. The van der Waals surface area contributed by atoms with Crippen LogP contribution in [0.2, 0.25) is 0 Å². The van der Waals surface area contributed by atoms with E-state index in [-0.39, 0.29) is 25.4 Å². The summed E-state index contributed by atoms with van der Waals surface area (Å²) in [6.07, 6.45) is 0.826. The van der Waals surface area contributed by atoms with Gasteiger partial charge in [-0.1, -0.05) is 0 Å². The van der Waals surface area contributed by atoms with Crippen LogP contribution in [-0.2, 0) is 13.8 Å². The van der Waals surface area contributed by atoms with Crippen molar-refractivity contribution in [2.75, 3.05) is 13.2 Å². The van der Waals surface area contributed by atoms with Crippen molar-refractivity contribution in [2.45, 2.75) is 25.0 Å². The van der Waals surface area contributed by atoms with Gasteiger partial charge in [-0.05, 0) is 12.8 Å². The zero-order valence-corrected chi connectivity index (χ0v) is 7.89. The summed E-state index contributed by atoms with van der Waals surface area (Å²) in [6.45, 7) is -0.187. The fourth-order valence-electron chi connectivity index (χ4n) is 1.22. The topological polar surface area (TPSA) is 96.2 Å². The Labute approximate surface area is 75.7 Å². The van der Waals surface area contributed by atoms with Gasteiger partial charge in [-0.15, -0.1) is 0 Å². The second-order valence-electron chi connectivity index (χ2n) is 2.93. The maximum Gasteiger partial charge on any atom is 0.469 e. The average Bonchev–Trinajstić information content (AvgIpc) is 2.47. The fourth-order valence-corrected chi connectivity index (χ4v) is 1.58. The SMILES string of the molecule is O=P(O)(O)OC[C@@H]1CC[C@@H](CO)O1. The Kier molecular flexibility index (Phi) is 3.85. The van der Waals surface area contributed by atoms with Crippen molar-refractivity contribution in [1.29, 1.82) is 0 Å². The van der Waals surface area contributed by atoms with Crippen molar-refractivity contribution in [1.82, 2.24) is 0 Å². The van der Waals surface area contributed by atoms with Crippen molar-refractivity contribution in [2.24, 2.45) is 0 Å². The van der Waals surface area contributed by atoms with Crippen LogP contribution in [0, 0.1) is 0 Å². The number of phosphoric acid groups is 1. The van der Waals surface area contributed by atoms with Gasteiger partial charge in [0.2, 0.25) is 0 Å². The predicted molar refractivity (Wildman–Crippen MR) is 43.0 cm³/mol. The lowest BCUT2D eigenvalue weighted by molar-refractivity contribution is -0.0118. The molecule has 0 saturated carbocycles. The van der Waals surface area contributed by atoms with E-state index in [1.54, 1.807) is 0 Å². The van der Waals surface area contributed by atoms with E-state index in [0.29, 0.717) is 12.8 Å². The molecule has 6 nitrogen and oxygen atoms in total. The van der Waals surface area contributed by atoms with Gasteiger partial charge in [0.25, 0.3) is 0 Å². The van der Waals surface area contributed by atoms with E-state index in [1.165, 1.54) is 0 Å². The number of ether oxygens (including phenoxy) is 1. The molecule has 1 rings (SSSR count). The fraction of sp³-hybridized carbons (Fsp3) is 1.00. The van der Waals surface area contributed by atoms with Crippen LogP contribution in [0.25, 0.3) is 0 Å². The smallest absolute Gasteiger partial charge is 0.394 e. The van der Waals surface area contributed by atoms with E-state index in [9.17, 15) is 4.57 Å². The standard InChI is InChI=1S/C6H13O6P/c7-3-5-1-2-6(12-5)4-11-13(8,9)10/h5-7H,1-4H2,(H2,8,9,10)/t5-,6-/m0/s1. The highest BCUT2D eigenvalue weighted by Gasteiger charge is 2.27. The third kappa shape index (κ3) is 4.17.